The van der Waals surface area contributed by atoms with Gasteiger partial charge in [0.25, 0.3) is 5.56 Å². The molecule has 3 heterocycles. The quantitative estimate of drug-likeness (QED) is 0.470. The van der Waals surface area contributed by atoms with Crippen molar-refractivity contribution in [1.82, 2.24) is 9.55 Å². The van der Waals surface area contributed by atoms with E-state index in [-0.39, 0.29) is 16.5 Å². The molecule has 0 amide bonds. The molecule has 1 aliphatic rings. The second-order valence-electron chi connectivity index (χ2n) is 9.02. The molecule has 1 saturated heterocycles. The maximum absolute atomic E-state index is 12.9. The van der Waals surface area contributed by atoms with Crippen molar-refractivity contribution < 1.29 is 9.15 Å². The number of hydrogen-bond acceptors (Lipinski definition) is 6. The summed E-state index contributed by atoms with van der Waals surface area (Å²) in [6.45, 7) is 4.13. The van der Waals surface area contributed by atoms with Crippen LogP contribution in [0.1, 0.15) is 36.8 Å². The van der Waals surface area contributed by atoms with Crippen LogP contribution in [0.2, 0.25) is 0 Å². The number of pyridine rings is 1. The van der Waals surface area contributed by atoms with Gasteiger partial charge >= 0.3 is 0 Å². The highest BCUT2D eigenvalue weighted by atomic mass is 16.5. The molecule has 0 unspecified atom stereocenters. The maximum Gasteiger partial charge on any atom is 0.270 e. The minimum absolute atomic E-state index is 0.201. The molecule has 33 heavy (non-hydrogen) atoms. The molecule has 7 heteroatoms. The van der Waals surface area contributed by atoms with Crippen LogP contribution in [0, 0.1) is 11.3 Å². The van der Waals surface area contributed by atoms with Gasteiger partial charge in [0, 0.05) is 38.0 Å². The number of rotatable bonds is 4. The average Bonchev–Trinajstić information content (AvgIpc) is 3.27. The van der Waals surface area contributed by atoms with Gasteiger partial charge in [-0.15, -0.1) is 0 Å². The van der Waals surface area contributed by atoms with Gasteiger partial charge in [0.15, 0.2) is 5.58 Å². The number of ether oxygens (including phenoxy) is 1. The first kappa shape index (κ1) is 21.2. The Morgan fingerprint density at radius 2 is 1.97 bits per heavy atom. The Balaban J connectivity index is 1.48. The summed E-state index contributed by atoms with van der Waals surface area (Å²) < 4.78 is 12.9. The number of nitrogens with zero attached hydrogens (tertiary/aromatic N) is 4. The van der Waals surface area contributed by atoms with Crippen LogP contribution >= 0.6 is 0 Å². The number of aromatic nitrogens is 2. The van der Waals surface area contributed by atoms with Crippen molar-refractivity contribution in [3.05, 3.63) is 69.8 Å². The van der Waals surface area contributed by atoms with Crippen molar-refractivity contribution in [2.75, 3.05) is 25.1 Å². The van der Waals surface area contributed by atoms with Crippen LogP contribution in [0.5, 0.6) is 0 Å². The van der Waals surface area contributed by atoms with Crippen LogP contribution in [0.25, 0.3) is 22.0 Å². The van der Waals surface area contributed by atoms with E-state index in [0.29, 0.717) is 19.7 Å². The molecule has 0 spiro atoms. The molecule has 1 fully saturated rings. The lowest BCUT2D eigenvalue weighted by Crippen LogP contribution is -2.42. The fourth-order valence-electron chi connectivity index (χ4n) is 4.83. The number of methoxy groups -OCH3 is 1. The van der Waals surface area contributed by atoms with Gasteiger partial charge in [-0.1, -0.05) is 31.2 Å². The van der Waals surface area contributed by atoms with Crippen molar-refractivity contribution in [2.24, 2.45) is 7.05 Å². The molecule has 2 aromatic carbocycles. The SMILES string of the molecule is COCc1ccc2oc(C3(C)CCN(c4c(C#N)c(=O)n(C)c5ccccc45)CC3)nc2c1. The van der Waals surface area contributed by atoms with Gasteiger partial charge in [-0.05, 0) is 36.6 Å². The highest BCUT2D eigenvalue weighted by Gasteiger charge is 2.37. The lowest BCUT2D eigenvalue weighted by atomic mass is 9.80. The summed E-state index contributed by atoms with van der Waals surface area (Å²) in [5.74, 6) is 0.737. The number of para-hydroxylation sites is 1. The number of oxazole rings is 1. The van der Waals surface area contributed by atoms with Crippen LogP contribution in [0.15, 0.2) is 51.7 Å². The summed E-state index contributed by atoms with van der Waals surface area (Å²) in [7, 11) is 3.39. The fraction of sp³-hybridized carbons (Fsp3) is 0.346. The third-order valence-electron chi connectivity index (χ3n) is 6.85. The highest BCUT2D eigenvalue weighted by Crippen LogP contribution is 2.39. The van der Waals surface area contributed by atoms with E-state index in [1.807, 2.05) is 42.5 Å². The Bertz CT molecular complexity index is 1450. The third kappa shape index (κ3) is 3.47. The number of nitriles is 1. The average molecular weight is 443 g/mol. The van der Waals surface area contributed by atoms with Crippen molar-refractivity contribution in [1.29, 1.82) is 5.26 Å². The van der Waals surface area contributed by atoms with Crippen LogP contribution < -0.4 is 10.5 Å². The van der Waals surface area contributed by atoms with Gasteiger partial charge in [-0.3, -0.25) is 4.79 Å². The smallest absolute Gasteiger partial charge is 0.270 e. The summed E-state index contributed by atoms with van der Waals surface area (Å²) in [4.78, 5) is 19.9. The van der Waals surface area contributed by atoms with Crippen molar-refractivity contribution in [3.8, 4) is 6.07 Å². The first-order chi connectivity index (χ1) is 15.9. The van der Waals surface area contributed by atoms with Gasteiger partial charge in [0.2, 0.25) is 5.89 Å². The number of fused-ring (bicyclic) bond motifs is 2. The van der Waals surface area contributed by atoms with Crippen molar-refractivity contribution in [3.63, 3.8) is 0 Å². The molecule has 2 aromatic heterocycles. The van der Waals surface area contributed by atoms with E-state index in [4.69, 9.17) is 14.1 Å². The summed E-state index contributed by atoms with van der Waals surface area (Å²) in [6.07, 6.45) is 1.61. The van der Waals surface area contributed by atoms with Crippen LogP contribution in [0.3, 0.4) is 0 Å². The molecule has 0 atom stereocenters. The van der Waals surface area contributed by atoms with Gasteiger partial charge < -0.3 is 18.6 Å². The van der Waals surface area contributed by atoms with E-state index >= 15 is 0 Å². The monoisotopic (exact) mass is 442 g/mol. The molecule has 1 aliphatic heterocycles. The molecule has 4 aromatic rings. The second-order valence-corrected chi connectivity index (χ2v) is 9.02. The van der Waals surface area contributed by atoms with Gasteiger partial charge in [-0.25, -0.2) is 4.98 Å². The third-order valence-corrected chi connectivity index (χ3v) is 6.85. The molecule has 0 aliphatic carbocycles. The zero-order valence-electron chi connectivity index (χ0n) is 19.1. The minimum atomic E-state index is -0.259. The Morgan fingerprint density at radius 3 is 2.70 bits per heavy atom. The Hall–Kier alpha value is -3.63. The number of aryl methyl sites for hydroxylation is 1. The van der Waals surface area contributed by atoms with E-state index in [0.717, 1.165) is 52.0 Å². The highest BCUT2D eigenvalue weighted by molar-refractivity contribution is 5.95. The number of hydrogen-bond donors (Lipinski definition) is 0. The van der Waals surface area contributed by atoms with Crippen molar-refractivity contribution in [2.45, 2.75) is 31.8 Å². The van der Waals surface area contributed by atoms with E-state index in [1.165, 1.54) is 0 Å². The number of piperidine rings is 1. The fourth-order valence-corrected chi connectivity index (χ4v) is 4.83. The lowest BCUT2D eigenvalue weighted by molar-refractivity contribution is 0.185. The summed E-state index contributed by atoms with van der Waals surface area (Å²) in [5, 5.41) is 10.7. The van der Waals surface area contributed by atoms with Crippen LogP contribution in [0.4, 0.5) is 5.69 Å². The Morgan fingerprint density at radius 1 is 1.21 bits per heavy atom. The van der Waals surface area contributed by atoms with E-state index in [2.05, 4.69) is 17.9 Å². The van der Waals surface area contributed by atoms with Crippen molar-refractivity contribution >= 4 is 27.7 Å². The summed E-state index contributed by atoms with van der Waals surface area (Å²) in [6, 6.07) is 15.9. The number of anilines is 1. The van der Waals surface area contributed by atoms with Gasteiger partial charge in [-0.2, -0.15) is 5.26 Å². The van der Waals surface area contributed by atoms with Crippen LogP contribution in [-0.2, 0) is 23.8 Å². The zero-order valence-corrected chi connectivity index (χ0v) is 19.1. The van der Waals surface area contributed by atoms with E-state index < -0.39 is 0 Å². The molecule has 0 radical (unpaired) electrons. The molecule has 0 saturated carbocycles. The van der Waals surface area contributed by atoms with Gasteiger partial charge in [0.1, 0.15) is 17.1 Å². The standard InChI is InChI=1S/C26H26N4O3/c1-26(25-28-20-14-17(16-32-3)8-9-22(20)33-25)10-12-30(13-11-26)23-18-6-4-5-7-21(18)29(2)24(31)19(23)15-27/h4-9,14H,10-13,16H2,1-3H3. The van der Waals surface area contributed by atoms with E-state index in [9.17, 15) is 10.1 Å². The van der Waals surface area contributed by atoms with Crippen LogP contribution in [-0.4, -0.2) is 29.8 Å². The molecular weight excluding hydrogens is 416 g/mol. The summed E-state index contributed by atoms with van der Waals surface area (Å²) in [5.41, 5.74) is 3.96. The maximum atomic E-state index is 12.9. The molecule has 0 bridgehead atoms. The minimum Gasteiger partial charge on any atom is -0.440 e. The predicted octanol–water partition coefficient (Wildman–Crippen LogP) is 4.26. The molecular formula is C26H26N4O3. The zero-order chi connectivity index (χ0) is 23.2. The molecule has 168 valence electrons. The first-order valence-electron chi connectivity index (χ1n) is 11.1. The first-order valence-corrected chi connectivity index (χ1v) is 11.1. The van der Waals surface area contributed by atoms with Gasteiger partial charge in [0.05, 0.1) is 17.8 Å². The Labute approximate surface area is 191 Å². The lowest BCUT2D eigenvalue weighted by Gasteiger charge is -2.39. The summed E-state index contributed by atoms with van der Waals surface area (Å²) >= 11 is 0. The predicted molar refractivity (Wildman–Crippen MR) is 127 cm³/mol. The molecule has 5 rings (SSSR count). The topological polar surface area (TPSA) is 84.3 Å². The molecule has 0 N–H and O–H groups in total. The number of benzene rings is 2. The largest absolute Gasteiger partial charge is 0.440 e. The normalized spacial score (nSPS) is 15.8. The second kappa shape index (κ2) is 8.05. The van der Waals surface area contributed by atoms with E-state index in [1.54, 1.807) is 18.7 Å². The molecule has 7 nitrogen and oxygen atoms in total. The Kier molecular flexibility index (Phi) is 5.18.